The van der Waals surface area contributed by atoms with Crippen molar-refractivity contribution in [2.24, 2.45) is 5.92 Å². The van der Waals surface area contributed by atoms with E-state index in [1.54, 1.807) is 0 Å². The first-order valence-corrected chi connectivity index (χ1v) is 6.04. The molecule has 1 aromatic rings. The summed E-state index contributed by atoms with van der Waals surface area (Å²) < 4.78 is 5.46. The number of anilines is 1. The summed E-state index contributed by atoms with van der Waals surface area (Å²) in [6.45, 7) is 2.91. The SMILES string of the molecule is CNC(C)c1nnc(NCCCC2CC2)o1. The molecule has 0 saturated heterocycles. The molecule has 1 unspecified atom stereocenters. The molecule has 1 heterocycles. The van der Waals surface area contributed by atoms with Crippen LogP contribution in [-0.2, 0) is 0 Å². The van der Waals surface area contributed by atoms with Gasteiger partial charge >= 0.3 is 6.01 Å². The molecule has 90 valence electrons. The molecule has 1 fully saturated rings. The topological polar surface area (TPSA) is 63.0 Å². The highest BCUT2D eigenvalue weighted by Gasteiger charge is 2.20. The summed E-state index contributed by atoms with van der Waals surface area (Å²) in [5, 5.41) is 14.1. The van der Waals surface area contributed by atoms with Gasteiger partial charge in [0.1, 0.15) is 0 Å². The Morgan fingerprint density at radius 1 is 1.44 bits per heavy atom. The molecule has 0 amide bonds. The zero-order valence-electron chi connectivity index (χ0n) is 9.99. The molecule has 0 aromatic carbocycles. The highest BCUT2D eigenvalue weighted by molar-refractivity contribution is 5.16. The molecule has 1 aromatic heterocycles. The fourth-order valence-corrected chi connectivity index (χ4v) is 1.60. The van der Waals surface area contributed by atoms with E-state index in [1.165, 1.54) is 25.7 Å². The summed E-state index contributed by atoms with van der Waals surface area (Å²) in [4.78, 5) is 0. The van der Waals surface area contributed by atoms with Crippen molar-refractivity contribution in [3.63, 3.8) is 0 Å². The van der Waals surface area contributed by atoms with Gasteiger partial charge in [-0.15, -0.1) is 5.10 Å². The average Bonchev–Trinajstić information content (AvgIpc) is 3.01. The molecule has 1 aliphatic rings. The van der Waals surface area contributed by atoms with Crippen LogP contribution in [0.2, 0.25) is 0 Å². The van der Waals surface area contributed by atoms with Crippen molar-refractivity contribution in [3.05, 3.63) is 5.89 Å². The molecular weight excluding hydrogens is 204 g/mol. The van der Waals surface area contributed by atoms with Gasteiger partial charge in [0.25, 0.3) is 0 Å². The lowest BCUT2D eigenvalue weighted by Crippen LogP contribution is -2.12. The van der Waals surface area contributed by atoms with Crippen molar-refractivity contribution < 1.29 is 4.42 Å². The van der Waals surface area contributed by atoms with Crippen LogP contribution in [0.3, 0.4) is 0 Å². The van der Waals surface area contributed by atoms with Crippen LogP contribution in [0.15, 0.2) is 4.42 Å². The molecular formula is C11H20N4O. The van der Waals surface area contributed by atoms with E-state index in [1.807, 2.05) is 14.0 Å². The normalized spacial score (nSPS) is 17.4. The van der Waals surface area contributed by atoms with Crippen LogP contribution < -0.4 is 10.6 Å². The number of nitrogens with zero attached hydrogens (tertiary/aromatic N) is 2. The van der Waals surface area contributed by atoms with Gasteiger partial charge in [-0.3, -0.25) is 0 Å². The van der Waals surface area contributed by atoms with E-state index in [-0.39, 0.29) is 6.04 Å². The molecule has 1 aliphatic carbocycles. The fraction of sp³-hybridized carbons (Fsp3) is 0.818. The van der Waals surface area contributed by atoms with Crippen LogP contribution in [0.25, 0.3) is 0 Å². The summed E-state index contributed by atoms with van der Waals surface area (Å²) in [5.41, 5.74) is 0. The molecule has 16 heavy (non-hydrogen) atoms. The van der Waals surface area contributed by atoms with E-state index in [9.17, 15) is 0 Å². The van der Waals surface area contributed by atoms with Gasteiger partial charge < -0.3 is 15.1 Å². The lowest BCUT2D eigenvalue weighted by atomic mass is 10.2. The lowest BCUT2D eigenvalue weighted by Gasteiger charge is -2.03. The minimum Gasteiger partial charge on any atom is -0.406 e. The molecule has 1 atom stereocenters. The third kappa shape index (κ3) is 3.20. The van der Waals surface area contributed by atoms with Crippen molar-refractivity contribution in [1.29, 1.82) is 0 Å². The van der Waals surface area contributed by atoms with Crippen molar-refractivity contribution in [2.45, 2.75) is 38.6 Å². The maximum absolute atomic E-state index is 5.46. The standard InChI is InChI=1S/C11H20N4O/c1-8(12-2)10-14-15-11(16-10)13-7-3-4-9-5-6-9/h8-9,12H,3-7H2,1-2H3,(H,13,15). The van der Waals surface area contributed by atoms with Crippen molar-refractivity contribution in [2.75, 3.05) is 18.9 Å². The number of hydrogen-bond acceptors (Lipinski definition) is 5. The number of hydrogen-bond donors (Lipinski definition) is 2. The first-order chi connectivity index (χ1) is 7.79. The van der Waals surface area contributed by atoms with Gasteiger partial charge in [-0.25, -0.2) is 0 Å². The van der Waals surface area contributed by atoms with E-state index in [0.29, 0.717) is 11.9 Å². The summed E-state index contributed by atoms with van der Waals surface area (Å²) in [6.07, 6.45) is 5.35. The zero-order chi connectivity index (χ0) is 11.4. The second kappa shape index (κ2) is 5.30. The lowest BCUT2D eigenvalue weighted by molar-refractivity contribution is 0.440. The van der Waals surface area contributed by atoms with Gasteiger partial charge in [0.15, 0.2) is 0 Å². The molecule has 2 rings (SSSR count). The molecule has 5 heteroatoms. The Bertz CT molecular complexity index is 322. The maximum Gasteiger partial charge on any atom is 0.315 e. The van der Waals surface area contributed by atoms with Crippen LogP contribution in [0, 0.1) is 5.92 Å². The second-order valence-electron chi connectivity index (χ2n) is 4.47. The maximum atomic E-state index is 5.46. The molecule has 2 N–H and O–H groups in total. The molecule has 0 bridgehead atoms. The van der Waals surface area contributed by atoms with Gasteiger partial charge in [0, 0.05) is 6.54 Å². The molecule has 5 nitrogen and oxygen atoms in total. The van der Waals surface area contributed by atoms with Crippen LogP contribution in [-0.4, -0.2) is 23.8 Å². The number of nitrogens with one attached hydrogen (secondary N) is 2. The van der Waals surface area contributed by atoms with Crippen LogP contribution >= 0.6 is 0 Å². The van der Waals surface area contributed by atoms with Crippen LogP contribution in [0.4, 0.5) is 6.01 Å². The Balaban J connectivity index is 1.69. The largest absolute Gasteiger partial charge is 0.406 e. The third-order valence-electron chi connectivity index (χ3n) is 3.01. The Hall–Kier alpha value is -1.10. The van der Waals surface area contributed by atoms with Crippen LogP contribution in [0.5, 0.6) is 0 Å². The third-order valence-corrected chi connectivity index (χ3v) is 3.01. The number of rotatable bonds is 7. The first-order valence-electron chi connectivity index (χ1n) is 6.04. The number of aromatic nitrogens is 2. The van der Waals surface area contributed by atoms with Gasteiger partial charge in [0.05, 0.1) is 6.04 Å². The van der Waals surface area contributed by atoms with Gasteiger partial charge in [-0.1, -0.05) is 17.9 Å². The molecule has 1 saturated carbocycles. The second-order valence-corrected chi connectivity index (χ2v) is 4.47. The predicted molar refractivity (Wildman–Crippen MR) is 62.2 cm³/mol. The van der Waals surface area contributed by atoms with Gasteiger partial charge in [-0.2, -0.15) is 0 Å². The van der Waals surface area contributed by atoms with E-state index in [4.69, 9.17) is 4.42 Å². The summed E-state index contributed by atoms with van der Waals surface area (Å²) >= 11 is 0. The summed E-state index contributed by atoms with van der Waals surface area (Å²) in [5.74, 6) is 1.62. The highest BCUT2D eigenvalue weighted by Crippen LogP contribution is 2.33. The van der Waals surface area contributed by atoms with E-state index in [2.05, 4.69) is 20.8 Å². The summed E-state index contributed by atoms with van der Waals surface area (Å²) in [6, 6.07) is 0.641. The molecule has 0 spiro atoms. The van der Waals surface area contributed by atoms with Crippen molar-refractivity contribution in [1.82, 2.24) is 15.5 Å². The Kier molecular flexibility index (Phi) is 3.77. The molecule has 0 radical (unpaired) electrons. The smallest absolute Gasteiger partial charge is 0.315 e. The van der Waals surface area contributed by atoms with Gasteiger partial charge in [0.2, 0.25) is 5.89 Å². The minimum absolute atomic E-state index is 0.106. The Morgan fingerprint density at radius 3 is 2.94 bits per heavy atom. The minimum atomic E-state index is 0.106. The first kappa shape index (κ1) is 11.4. The van der Waals surface area contributed by atoms with E-state index in [0.717, 1.165) is 12.5 Å². The molecule has 0 aliphatic heterocycles. The monoisotopic (exact) mass is 224 g/mol. The average molecular weight is 224 g/mol. The Labute approximate surface area is 96.0 Å². The predicted octanol–water partition coefficient (Wildman–Crippen LogP) is 1.95. The fourth-order valence-electron chi connectivity index (χ4n) is 1.60. The van der Waals surface area contributed by atoms with Crippen molar-refractivity contribution in [3.8, 4) is 0 Å². The van der Waals surface area contributed by atoms with Gasteiger partial charge in [-0.05, 0) is 32.7 Å². The summed E-state index contributed by atoms with van der Waals surface area (Å²) in [7, 11) is 1.87. The highest BCUT2D eigenvalue weighted by atomic mass is 16.4. The van der Waals surface area contributed by atoms with Crippen molar-refractivity contribution >= 4 is 6.01 Å². The van der Waals surface area contributed by atoms with E-state index >= 15 is 0 Å². The van der Waals surface area contributed by atoms with Crippen LogP contribution in [0.1, 0.15) is 44.5 Å². The quantitative estimate of drug-likeness (QED) is 0.693. The van der Waals surface area contributed by atoms with E-state index < -0.39 is 0 Å². The zero-order valence-corrected chi connectivity index (χ0v) is 9.99. The Morgan fingerprint density at radius 2 is 2.25 bits per heavy atom.